The number of nitrogens with one attached hydrogen (secondary N) is 2. The molecule has 0 aliphatic carbocycles. The minimum Gasteiger partial charge on any atom is -0.493 e. The Labute approximate surface area is 185 Å². The molecule has 0 bridgehead atoms. The van der Waals surface area contributed by atoms with E-state index < -0.39 is 6.03 Å². The number of nitrogens with two attached hydrogens (primary N) is 1. The molecule has 1 aromatic heterocycles. The van der Waals surface area contributed by atoms with Gasteiger partial charge in [-0.1, -0.05) is 30.3 Å². The molecule has 8 nitrogen and oxygen atoms in total. The molecule has 3 rings (SSSR count). The topological polar surface area (TPSA) is 108 Å². The first-order chi connectivity index (χ1) is 15.0. The van der Waals surface area contributed by atoms with E-state index in [-0.39, 0.29) is 6.04 Å². The molecule has 0 aliphatic rings. The van der Waals surface area contributed by atoms with E-state index >= 15 is 0 Å². The summed E-state index contributed by atoms with van der Waals surface area (Å²) in [4.78, 5) is 16.9. The Morgan fingerprint density at radius 3 is 2.35 bits per heavy atom. The molecule has 1 atom stereocenters. The minimum atomic E-state index is -0.437. The number of anilines is 2. The third kappa shape index (κ3) is 5.87. The first-order valence-electron chi connectivity index (χ1n) is 9.67. The molecule has 1 heterocycles. The number of thiazole rings is 1. The summed E-state index contributed by atoms with van der Waals surface area (Å²) in [5, 5.41) is 7.81. The molecule has 3 aromatic rings. The zero-order chi connectivity index (χ0) is 22.2. The van der Waals surface area contributed by atoms with Crippen molar-refractivity contribution >= 4 is 28.2 Å². The average molecular weight is 443 g/mol. The molecule has 4 N–H and O–H groups in total. The minimum absolute atomic E-state index is 0.204. The number of rotatable bonds is 9. The number of ether oxygens (including phenoxy) is 3. The van der Waals surface area contributed by atoms with E-state index in [1.54, 1.807) is 12.1 Å². The second kappa shape index (κ2) is 10.6. The number of amides is 2. The first kappa shape index (κ1) is 22.4. The molecule has 9 heteroatoms. The van der Waals surface area contributed by atoms with E-state index in [4.69, 9.17) is 19.9 Å². The number of aryl methyl sites for hydroxylation is 1. The van der Waals surface area contributed by atoms with Gasteiger partial charge in [0.2, 0.25) is 5.75 Å². The molecular weight excluding hydrogens is 416 g/mol. The summed E-state index contributed by atoms with van der Waals surface area (Å²) in [5.41, 5.74) is 8.75. The van der Waals surface area contributed by atoms with Gasteiger partial charge in [-0.15, -0.1) is 11.3 Å². The Kier molecular flexibility index (Phi) is 7.69. The zero-order valence-electron chi connectivity index (χ0n) is 17.7. The van der Waals surface area contributed by atoms with Crippen LogP contribution in [0, 0.1) is 0 Å². The lowest BCUT2D eigenvalue weighted by Crippen LogP contribution is -2.19. The number of hydrogen-bond donors (Lipinski definition) is 3. The summed E-state index contributed by atoms with van der Waals surface area (Å²) in [6, 6.07) is 12.8. The lowest BCUT2D eigenvalue weighted by molar-refractivity contribution is 0.262. The van der Waals surface area contributed by atoms with Gasteiger partial charge in [-0.2, -0.15) is 0 Å². The molecule has 0 spiro atoms. The van der Waals surface area contributed by atoms with Gasteiger partial charge in [-0.3, -0.25) is 5.32 Å². The molecule has 31 heavy (non-hydrogen) atoms. The fourth-order valence-electron chi connectivity index (χ4n) is 3.04. The Balaban J connectivity index is 1.59. The number of methoxy groups -OCH3 is 3. The van der Waals surface area contributed by atoms with E-state index in [2.05, 4.69) is 27.8 Å². The summed E-state index contributed by atoms with van der Waals surface area (Å²) in [5.74, 6) is 1.33. The zero-order valence-corrected chi connectivity index (χ0v) is 18.5. The SMILES string of the molecule is COc1cc(NC(=O)Nc2nc(C(N)CCc3ccccc3)cs2)cc(OC)c1OC. The van der Waals surface area contributed by atoms with E-state index in [0.717, 1.165) is 18.5 Å². The van der Waals surface area contributed by atoms with Crippen LogP contribution in [0.4, 0.5) is 15.6 Å². The molecule has 0 aliphatic heterocycles. The van der Waals surface area contributed by atoms with Crippen molar-refractivity contribution in [3.8, 4) is 17.2 Å². The van der Waals surface area contributed by atoms with E-state index in [0.29, 0.717) is 28.1 Å². The van der Waals surface area contributed by atoms with Crippen molar-refractivity contribution in [1.29, 1.82) is 0 Å². The number of nitrogens with zero attached hydrogens (tertiary/aromatic N) is 1. The van der Waals surface area contributed by atoms with Gasteiger partial charge in [0.1, 0.15) is 0 Å². The van der Waals surface area contributed by atoms with Gasteiger partial charge in [0, 0.05) is 23.6 Å². The number of urea groups is 1. The molecular formula is C22H26N4O4S. The van der Waals surface area contributed by atoms with Crippen molar-refractivity contribution in [2.75, 3.05) is 32.0 Å². The van der Waals surface area contributed by atoms with Gasteiger partial charge in [0.05, 0.1) is 32.7 Å². The number of aromatic nitrogens is 1. The van der Waals surface area contributed by atoms with Crippen LogP contribution in [0.1, 0.15) is 23.7 Å². The van der Waals surface area contributed by atoms with Crippen LogP contribution in [0.5, 0.6) is 17.2 Å². The predicted molar refractivity (Wildman–Crippen MR) is 123 cm³/mol. The highest BCUT2D eigenvalue weighted by atomic mass is 32.1. The Hall–Kier alpha value is -3.30. The van der Waals surface area contributed by atoms with Crippen LogP contribution in [0.15, 0.2) is 47.8 Å². The fourth-order valence-corrected chi connectivity index (χ4v) is 3.81. The number of carbonyl (C=O) groups excluding carboxylic acids is 1. The van der Waals surface area contributed by atoms with Gasteiger partial charge >= 0.3 is 6.03 Å². The van der Waals surface area contributed by atoms with Crippen molar-refractivity contribution in [2.45, 2.75) is 18.9 Å². The maximum atomic E-state index is 12.4. The normalized spacial score (nSPS) is 11.5. The molecule has 2 aromatic carbocycles. The lowest BCUT2D eigenvalue weighted by Gasteiger charge is -2.14. The maximum absolute atomic E-state index is 12.4. The Bertz CT molecular complexity index is 985. The molecule has 2 amide bonds. The van der Waals surface area contributed by atoms with Crippen LogP contribution in [-0.4, -0.2) is 32.3 Å². The average Bonchev–Trinajstić information content (AvgIpc) is 3.25. The quantitative estimate of drug-likeness (QED) is 0.452. The summed E-state index contributed by atoms with van der Waals surface area (Å²) in [6.07, 6.45) is 1.63. The summed E-state index contributed by atoms with van der Waals surface area (Å²) >= 11 is 1.33. The van der Waals surface area contributed by atoms with Gasteiger partial charge in [0.25, 0.3) is 0 Å². The van der Waals surface area contributed by atoms with Crippen molar-refractivity contribution in [3.63, 3.8) is 0 Å². The number of hydrogen-bond acceptors (Lipinski definition) is 7. The number of carbonyl (C=O) groups is 1. The van der Waals surface area contributed by atoms with Crippen molar-refractivity contribution in [1.82, 2.24) is 4.98 Å². The fraction of sp³-hybridized carbons (Fsp3) is 0.273. The van der Waals surface area contributed by atoms with Crippen molar-refractivity contribution < 1.29 is 19.0 Å². The molecule has 0 saturated heterocycles. The van der Waals surface area contributed by atoms with Crippen LogP contribution < -0.4 is 30.6 Å². The lowest BCUT2D eigenvalue weighted by atomic mass is 10.0. The van der Waals surface area contributed by atoms with Crippen LogP contribution >= 0.6 is 11.3 Å². The monoisotopic (exact) mass is 442 g/mol. The smallest absolute Gasteiger partial charge is 0.325 e. The van der Waals surface area contributed by atoms with Crippen molar-refractivity contribution in [2.24, 2.45) is 5.73 Å². The molecule has 1 unspecified atom stereocenters. The molecule has 0 saturated carbocycles. The highest BCUT2D eigenvalue weighted by Gasteiger charge is 2.16. The Morgan fingerprint density at radius 1 is 1.06 bits per heavy atom. The van der Waals surface area contributed by atoms with Crippen LogP contribution in [0.2, 0.25) is 0 Å². The standard InChI is InChI=1S/C22H26N4O4S/c1-28-18-11-15(12-19(29-2)20(18)30-3)24-21(27)26-22-25-17(13-31-22)16(23)10-9-14-7-5-4-6-8-14/h4-8,11-13,16H,9-10,23H2,1-3H3,(H2,24,25,26,27). The van der Waals surface area contributed by atoms with Crippen molar-refractivity contribution in [3.05, 3.63) is 59.1 Å². The van der Waals surface area contributed by atoms with Gasteiger partial charge in [0.15, 0.2) is 16.6 Å². The molecule has 164 valence electrons. The third-order valence-corrected chi connectivity index (χ3v) is 5.41. The molecule has 0 radical (unpaired) electrons. The highest BCUT2D eigenvalue weighted by molar-refractivity contribution is 7.13. The number of benzene rings is 2. The third-order valence-electron chi connectivity index (χ3n) is 4.63. The second-order valence-electron chi connectivity index (χ2n) is 6.70. The highest BCUT2D eigenvalue weighted by Crippen LogP contribution is 2.40. The maximum Gasteiger partial charge on any atom is 0.325 e. The predicted octanol–water partition coefficient (Wildman–Crippen LogP) is 4.45. The summed E-state index contributed by atoms with van der Waals surface area (Å²) < 4.78 is 15.9. The van der Waals surface area contributed by atoms with Crippen LogP contribution in [0.25, 0.3) is 0 Å². The van der Waals surface area contributed by atoms with Gasteiger partial charge in [-0.25, -0.2) is 9.78 Å². The van der Waals surface area contributed by atoms with Crippen LogP contribution in [0.3, 0.4) is 0 Å². The largest absolute Gasteiger partial charge is 0.493 e. The van der Waals surface area contributed by atoms with E-state index in [1.165, 1.54) is 38.2 Å². The van der Waals surface area contributed by atoms with E-state index in [9.17, 15) is 4.79 Å². The summed E-state index contributed by atoms with van der Waals surface area (Å²) in [7, 11) is 4.54. The molecule has 0 fully saturated rings. The first-order valence-corrected chi connectivity index (χ1v) is 10.5. The van der Waals surface area contributed by atoms with Gasteiger partial charge in [-0.05, 0) is 18.4 Å². The van der Waals surface area contributed by atoms with Gasteiger partial charge < -0.3 is 25.3 Å². The van der Waals surface area contributed by atoms with E-state index in [1.807, 2.05) is 23.6 Å². The second-order valence-corrected chi connectivity index (χ2v) is 7.56. The Morgan fingerprint density at radius 2 is 1.74 bits per heavy atom. The van der Waals surface area contributed by atoms with Crippen LogP contribution in [-0.2, 0) is 6.42 Å². The summed E-state index contributed by atoms with van der Waals surface area (Å²) in [6.45, 7) is 0.